The molecule has 0 fully saturated rings. The van der Waals surface area contributed by atoms with Crippen LogP contribution in [0.4, 0.5) is 0 Å². The Hall–Kier alpha value is 0.769. The zero-order chi connectivity index (χ0) is 6.12. The second kappa shape index (κ2) is 15.9. The molecule has 7 heavy (non-hydrogen) atoms. The van der Waals surface area contributed by atoms with Crippen LogP contribution in [0.2, 0.25) is 0 Å². The Kier molecular flexibility index (Phi) is 24.2. The van der Waals surface area contributed by atoms with Crippen molar-refractivity contribution in [1.29, 1.82) is 0 Å². The molecule has 0 saturated heterocycles. The van der Waals surface area contributed by atoms with Crippen LogP contribution in [0.1, 0.15) is 13.8 Å². The van der Waals surface area contributed by atoms with E-state index in [4.69, 9.17) is 0 Å². The van der Waals surface area contributed by atoms with Crippen LogP contribution in [-0.4, -0.2) is 13.1 Å². The number of halogens is 1. The van der Waals surface area contributed by atoms with Gasteiger partial charge in [-0.05, 0) is 13.1 Å². The van der Waals surface area contributed by atoms with Crippen molar-refractivity contribution >= 4 is 10.1 Å². The zero-order valence-corrected chi connectivity index (χ0v) is 6.29. The molecule has 0 aromatic carbocycles. The first-order valence-electron chi connectivity index (χ1n) is 2.24. The quantitative estimate of drug-likeness (QED) is 0.619. The monoisotopic (exact) mass is 171 g/mol. The Balaban J connectivity index is 0. The van der Waals surface area contributed by atoms with Gasteiger partial charge in [0.2, 0.25) is 0 Å². The van der Waals surface area contributed by atoms with E-state index in [0.29, 0.717) is 0 Å². The van der Waals surface area contributed by atoms with E-state index in [9.17, 15) is 0 Å². The normalized spacial score (nSPS) is 7.00. The van der Waals surface area contributed by atoms with Crippen molar-refractivity contribution in [3.05, 3.63) is 0 Å². The number of hydrogen-bond donors (Lipinski definition) is 1. The van der Waals surface area contributed by atoms with Gasteiger partial charge in [-0.1, -0.05) is 13.8 Å². The van der Waals surface area contributed by atoms with Crippen molar-refractivity contribution < 1.29 is 15.1 Å². The first-order chi connectivity index (χ1) is 3.41. The van der Waals surface area contributed by atoms with E-state index in [-0.39, 0.29) is 0 Å². The average Bonchev–Trinajstić information content (AvgIpc) is 1.75. The first kappa shape index (κ1) is 10.7. The third kappa shape index (κ3) is 20.1. The fourth-order valence-electron chi connectivity index (χ4n) is 0.250. The minimum atomic E-state index is 1.09. The molecule has 0 amide bonds. The molecule has 0 aliphatic carbocycles. The van der Waals surface area contributed by atoms with Crippen LogP contribution in [0.15, 0.2) is 0 Å². The summed E-state index contributed by atoms with van der Waals surface area (Å²) in [4.78, 5) is 0. The molecule has 0 rings (SSSR count). The first-order valence-corrected chi connectivity index (χ1v) is 3.53. The van der Waals surface area contributed by atoms with Gasteiger partial charge in [0, 0.05) is 0 Å². The predicted octanol–water partition coefficient (Wildman–Crippen LogP) is 1.30. The number of nitrogens with one attached hydrogen (secondary N) is 1. The Morgan fingerprint density at radius 3 is 1.57 bits per heavy atom. The minimum absolute atomic E-state index is 1.09. The van der Waals surface area contributed by atoms with Crippen LogP contribution in [0.5, 0.6) is 0 Å². The third-order valence-electron chi connectivity index (χ3n) is 0.500. The van der Waals surface area contributed by atoms with E-state index in [2.05, 4.69) is 44.4 Å². The molecule has 0 unspecified atom stereocenters. The molecule has 0 aliphatic rings. The fourth-order valence-corrected chi connectivity index (χ4v) is 0.250. The Bertz CT molecular complexity index is 19.2. The van der Waals surface area contributed by atoms with E-state index in [1.807, 2.05) is 0 Å². The van der Waals surface area contributed by atoms with Crippen LogP contribution in [0.3, 0.4) is 0 Å². The van der Waals surface area contributed by atoms with Gasteiger partial charge in [-0.25, -0.2) is 0 Å². The van der Waals surface area contributed by atoms with Crippen molar-refractivity contribution in [1.82, 2.24) is 5.32 Å². The maximum atomic E-state index is 4.20. The number of rotatable bonds is 2. The topological polar surface area (TPSA) is 12.0 Å². The zero-order valence-electron chi connectivity index (χ0n) is 4.59. The summed E-state index contributed by atoms with van der Waals surface area (Å²) in [7, 11) is 4.20. The standard InChI is InChI=1S/C4H11N.ClH.Cu/c1-3-5-4-2;;/h5H,3-4H2,1-2H3;1H;/q;;+1/p-1. The summed E-state index contributed by atoms with van der Waals surface area (Å²) in [6.45, 7) is 6.39. The van der Waals surface area contributed by atoms with E-state index in [1.54, 1.807) is 0 Å². The summed E-state index contributed by atoms with van der Waals surface area (Å²) >= 11 is 3.66. The molecular formula is C4H11ClCuN. The molecule has 0 bridgehead atoms. The summed E-state index contributed by atoms with van der Waals surface area (Å²) in [5.41, 5.74) is 0. The SMILES string of the molecule is CCNCC.[Cl][Cu]. The average molecular weight is 172 g/mol. The van der Waals surface area contributed by atoms with Gasteiger partial charge >= 0.3 is 25.2 Å². The van der Waals surface area contributed by atoms with Crippen molar-refractivity contribution in [2.75, 3.05) is 13.1 Å². The van der Waals surface area contributed by atoms with Crippen LogP contribution in [0, 0.1) is 0 Å². The summed E-state index contributed by atoms with van der Waals surface area (Å²) < 4.78 is 0. The van der Waals surface area contributed by atoms with Gasteiger partial charge in [-0.2, -0.15) is 0 Å². The van der Waals surface area contributed by atoms with Crippen LogP contribution in [0.25, 0.3) is 0 Å². The molecule has 0 atom stereocenters. The predicted molar refractivity (Wildman–Crippen MR) is 30.1 cm³/mol. The van der Waals surface area contributed by atoms with Gasteiger partial charge in [0.05, 0.1) is 0 Å². The van der Waals surface area contributed by atoms with Gasteiger partial charge < -0.3 is 5.32 Å². The number of hydrogen-bond acceptors (Lipinski definition) is 1. The van der Waals surface area contributed by atoms with Gasteiger partial charge in [0.25, 0.3) is 0 Å². The molecule has 0 radical (unpaired) electrons. The van der Waals surface area contributed by atoms with Gasteiger partial charge in [-0.3, -0.25) is 0 Å². The molecule has 1 N–H and O–H groups in total. The maximum absolute atomic E-state index is 4.20. The third-order valence-corrected chi connectivity index (χ3v) is 0.500. The van der Waals surface area contributed by atoms with Crippen molar-refractivity contribution in [2.24, 2.45) is 0 Å². The van der Waals surface area contributed by atoms with Crippen LogP contribution in [-0.2, 0) is 15.1 Å². The Labute approximate surface area is 57.9 Å². The van der Waals surface area contributed by atoms with E-state index in [1.165, 1.54) is 0 Å². The molecular weight excluding hydrogens is 161 g/mol. The molecule has 3 heteroatoms. The summed E-state index contributed by atoms with van der Waals surface area (Å²) in [5, 5.41) is 3.11. The molecule has 0 aromatic rings. The summed E-state index contributed by atoms with van der Waals surface area (Å²) in [5.74, 6) is 0. The molecule has 0 heterocycles. The Morgan fingerprint density at radius 2 is 1.57 bits per heavy atom. The summed E-state index contributed by atoms with van der Waals surface area (Å²) in [6.07, 6.45) is 0. The summed E-state index contributed by atoms with van der Waals surface area (Å²) in [6, 6.07) is 0. The molecule has 0 aliphatic heterocycles. The second-order valence-corrected chi connectivity index (χ2v) is 0.957. The van der Waals surface area contributed by atoms with Crippen molar-refractivity contribution in [3.63, 3.8) is 0 Å². The molecule has 50 valence electrons. The van der Waals surface area contributed by atoms with Gasteiger partial charge in [0.15, 0.2) is 0 Å². The second-order valence-electron chi connectivity index (χ2n) is 0.957. The molecule has 1 nitrogen and oxygen atoms in total. The molecule has 0 spiro atoms. The Morgan fingerprint density at radius 1 is 1.29 bits per heavy atom. The van der Waals surface area contributed by atoms with E-state index >= 15 is 0 Å². The van der Waals surface area contributed by atoms with E-state index < -0.39 is 0 Å². The molecule has 0 aromatic heterocycles. The fraction of sp³-hybridized carbons (Fsp3) is 1.00. The van der Waals surface area contributed by atoms with Gasteiger partial charge in [-0.15, -0.1) is 0 Å². The molecule has 0 saturated carbocycles. The van der Waals surface area contributed by atoms with E-state index in [0.717, 1.165) is 13.1 Å². The van der Waals surface area contributed by atoms with Gasteiger partial charge in [0.1, 0.15) is 0 Å². The van der Waals surface area contributed by atoms with Crippen LogP contribution >= 0.6 is 10.1 Å². The van der Waals surface area contributed by atoms with Crippen LogP contribution < -0.4 is 5.32 Å². The van der Waals surface area contributed by atoms with Crippen molar-refractivity contribution in [2.45, 2.75) is 13.8 Å². The van der Waals surface area contributed by atoms with Crippen molar-refractivity contribution in [3.8, 4) is 0 Å².